The quantitative estimate of drug-likeness (QED) is 0.372. The molecular weight excluding hydrogens is 395 g/mol. The Morgan fingerprint density at radius 2 is 1.00 bits per heavy atom. The number of carbonyl (C=O) groups is 1. The first-order valence-corrected chi connectivity index (χ1v) is 9.51. The Balaban J connectivity index is 1.44. The molecule has 0 N–H and O–H groups in total. The summed E-state index contributed by atoms with van der Waals surface area (Å²) in [5, 5.41) is 4.80. The minimum Gasteiger partial charge on any atom is -0.485 e. The molecule has 4 aromatic carbocycles. The molecule has 0 aliphatic rings. The third kappa shape index (κ3) is 3.77. The second-order valence-electron chi connectivity index (χ2n) is 6.30. The molecule has 0 heterocycles. The van der Waals surface area contributed by atoms with Crippen LogP contribution in [-0.2, 0) is 4.79 Å². The predicted molar refractivity (Wildman–Crippen MR) is 114 cm³/mol. The van der Waals surface area contributed by atoms with Crippen molar-refractivity contribution in [2.75, 3.05) is 13.2 Å². The molecule has 0 bridgehead atoms. The van der Waals surface area contributed by atoms with Crippen LogP contribution in [0.2, 0.25) is 10.0 Å². The molecule has 5 heteroatoms. The van der Waals surface area contributed by atoms with Gasteiger partial charge in [-0.05, 0) is 24.3 Å². The molecule has 3 nitrogen and oxygen atoms in total. The van der Waals surface area contributed by atoms with Crippen LogP contribution in [0.15, 0.2) is 72.8 Å². The van der Waals surface area contributed by atoms with Crippen molar-refractivity contribution >= 4 is 50.5 Å². The van der Waals surface area contributed by atoms with Crippen LogP contribution in [0.25, 0.3) is 21.5 Å². The van der Waals surface area contributed by atoms with Gasteiger partial charge in [0.15, 0.2) is 13.2 Å². The van der Waals surface area contributed by atoms with Gasteiger partial charge in [-0.2, -0.15) is 0 Å². The third-order valence-electron chi connectivity index (χ3n) is 4.44. The molecule has 0 saturated heterocycles. The molecule has 0 spiro atoms. The van der Waals surface area contributed by atoms with Gasteiger partial charge in [-0.25, -0.2) is 0 Å². The van der Waals surface area contributed by atoms with Crippen LogP contribution >= 0.6 is 23.2 Å². The molecule has 0 fully saturated rings. The molecule has 0 aromatic heterocycles. The molecule has 0 amide bonds. The number of Topliss-reactive ketones (excluding diaryl/α,β-unsaturated/α-hetero) is 1. The van der Waals surface area contributed by atoms with Crippen molar-refractivity contribution in [2.24, 2.45) is 0 Å². The molecule has 0 atom stereocenters. The SMILES string of the molecule is O=C(COc1ccc(Cl)c2ccccc12)COc1ccc(Cl)c2ccccc12. The molecule has 140 valence electrons. The first-order chi connectivity index (χ1) is 13.6. The smallest absolute Gasteiger partial charge is 0.207 e. The molecule has 0 aliphatic heterocycles. The second-order valence-corrected chi connectivity index (χ2v) is 7.11. The molecule has 0 aliphatic carbocycles. The fourth-order valence-corrected chi connectivity index (χ4v) is 3.53. The van der Waals surface area contributed by atoms with E-state index >= 15 is 0 Å². The summed E-state index contributed by atoms with van der Waals surface area (Å²) in [6, 6.07) is 22.4. The Morgan fingerprint density at radius 1 is 0.607 bits per heavy atom. The molecule has 0 radical (unpaired) electrons. The van der Waals surface area contributed by atoms with E-state index in [1.54, 1.807) is 24.3 Å². The maximum absolute atomic E-state index is 12.3. The summed E-state index contributed by atoms with van der Waals surface area (Å²) < 4.78 is 11.4. The van der Waals surface area contributed by atoms with Crippen molar-refractivity contribution in [3.63, 3.8) is 0 Å². The van der Waals surface area contributed by atoms with E-state index in [2.05, 4.69) is 0 Å². The van der Waals surface area contributed by atoms with Gasteiger partial charge in [0.2, 0.25) is 5.78 Å². The van der Waals surface area contributed by atoms with E-state index in [1.165, 1.54) is 0 Å². The first-order valence-electron chi connectivity index (χ1n) is 8.75. The maximum atomic E-state index is 12.3. The highest BCUT2D eigenvalue weighted by molar-refractivity contribution is 6.36. The van der Waals surface area contributed by atoms with Gasteiger partial charge in [-0.15, -0.1) is 0 Å². The highest BCUT2D eigenvalue weighted by Gasteiger charge is 2.11. The fourth-order valence-electron chi connectivity index (χ4n) is 3.08. The zero-order valence-electron chi connectivity index (χ0n) is 14.8. The molecule has 4 rings (SSSR count). The highest BCUT2D eigenvalue weighted by atomic mass is 35.5. The highest BCUT2D eigenvalue weighted by Crippen LogP contribution is 2.32. The van der Waals surface area contributed by atoms with Crippen molar-refractivity contribution in [2.45, 2.75) is 0 Å². The largest absolute Gasteiger partial charge is 0.485 e. The van der Waals surface area contributed by atoms with E-state index in [0.717, 1.165) is 21.5 Å². The number of ether oxygens (including phenoxy) is 2. The molecule has 4 aromatic rings. The van der Waals surface area contributed by atoms with Crippen molar-refractivity contribution in [3.8, 4) is 11.5 Å². The van der Waals surface area contributed by atoms with Gasteiger partial charge in [0.1, 0.15) is 11.5 Å². The van der Waals surface area contributed by atoms with E-state index in [0.29, 0.717) is 21.5 Å². The lowest BCUT2D eigenvalue weighted by Crippen LogP contribution is -2.19. The Hall–Kier alpha value is -2.75. The third-order valence-corrected chi connectivity index (χ3v) is 5.10. The Morgan fingerprint density at radius 3 is 1.43 bits per heavy atom. The standard InChI is InChI=1S/C23H16Cl2O3/c24-20-9-11-22(18-7-3-1-5-16(18)20)27-13-15(26)14-28-23-12-10-21(25)17-6-2-4-8-19(17)23/h1-12H,13-14H2. The average molecular weight is 411 g/mol. The molecular formula is C23H16Cl2O3. The van der Waals surface area contributed by atoms with Gasteiger partial charge in [0.05, 0.1) is 0 Å². The first kappa shape index (κ1) is 18.6. The molecule has 0 unspecified atom stereocenters. The van der Waals surface area contributed by atoms with Crippen LogP contribution in [0.1, 0.15) is 0 Å². The van der Waals surface area contributed by atoms with Crippen LogP contribution in [0, 0.1) is 0 Å². The van der Waals surface area contributed by atoms with Gasteiger partial charge in [-0.3, -0.25) is 4.79 Å². The van der Waals surface area contributed by atoms with Crippen LogP contribution in [0.4, 0.5) is 0 Å². The lowest BCUT2D eigenvalue weighted by molar-refractivity contribution is -0.122. The number of halogens is 2. The summed E-state index contributed by atoms with van der Waals surface area (Å²) in [6.45, 7) is -0.172. The van der Waals surface area contributed by atoms with Crippen molar-refractivity contribution in [1.29, 1.82) is 0 Å². The summed E-state index contributed by atoms with van der Waals surface area (Å²) in [4.78, 5) is 12.3. The van der Waals surface area contributed by atoms with Crippen molar-refractivity contribution < 1.29 is 14.3 Å². The number of carbonyl (C=O) groups excluding carboxylic acids is 1. The number of ketones is 1. The summed E-state index contributed by atoms with van der Waals surface area (Å²) in [5.74, 6) is 1.06. The maximum Gasteiger partial charge on any atom is 0.207 e. The predicted octanol–water partition coefficient (Wildman–Crippen LogP) is 6.33. The average Bonchev–Trinajstić information content (AvgIpc) is 2.73. The summed E-state index contributed by atoms with van der Waals surface area (Å²) in [7, 11) is 0. The van der Waals surface area contributed by atoms with Crippen molar-refractivity contribution in [1.82, 2.24) is 0 Å². The van der Waals surface area contributed by atoms with Crippen LogP contribution < -0.4 is 9.47 Å². The van der Waals surface area contributed by atoms with Crippen LogP contribution in [-0.4, -0.2) is 19.0 Å². The number of hydrogen-bond acceptors (Lipinski definition) is 3. The number of rotatable bonds is 6. The Bertz CT molecular complexity index is 1080. The van der Waals surface area contributed by atoms with E-state index in [1.807, 2.05) is 48.5 Å². The van der Waals surface area contributed by atoms with Gasteiger partial charge in [0, 0.05) is 31.6 Å². The van der Waals surface area contributed by atoms with Crippen LogP contribution in [0.3, 0.4) is 0 Å². The van der Waals surface area contributed by atoms with E-state index in [4.69, 9.17) is 32.7 Å². The Labute approximate surface area is 172 Å². The van der Waals surface area contributed by atoms with Crippen LogP contribution in [0.5, 0.6) is 11.5 Å². The summed E-state index contributed by atoms with van der Waals surface area (Å²) >= 11 is 12.4. The second kappa shape index (κ2) is 8.09. The topological polar surface area (TPSA) is 35.5 Å². The molecule has 28 heavy (non-hydrogen) atoms. The summed E-state index contributed by atoms with van der Waals surface area (Å²) in [6.07, 6.45) is 0. The lowest BCUT2D eigenvalue weighted by Gasteiger charge is -2.12. The van der Waals surface area contributed by atoms with Crippen molar-refractivity contribution in [3.05, 3.63) is 82.8 Å². The minimum atomic E-state index is -0.168. The number of fused-ring (bicyclic) bond motifs is 2. The molecule has 0 saturated carbocycles. The Kier molecular flexibility index (Phi) is 5.38. The van der Waals surface area contributed by atoms with Gasteiger partial charge >= 0.3 is 0 Å². The zero-order chi connectivity index (χ0) is 19.5. The zero-order valence-corrected chi connectivity index (χ0v) is 16.3. The fraction of sp³-hybridized carbons (Fsp3) is 0.0870. The normalized spacial score (nSPS) is 10.9. The van der Waals surface area contributed by atoms with Gasteiger partial charge < -0.3 is 9.47 Å². The van der Waals surface area contributed by atoms with E-state index in [-0.39, 0.29) is 19.0 Å². The van der Waals surface area contributed by atoms with Gasteiger partial charge in [-0.1, -0.05) is 71.7 Å². The number of hydrogen-bond donors (Lipinski definition) is 0. The lowest BCUT2D eigenvalue weighted by atomic mass is 10.1. The monoisotopic (exact) mass is 410 g/mol. The minimum absolute atomic E-state index is 0.0862. The van der Waals surface area contributed by atoms with E-state index < -0.39 is 0 Å². The van der Waals surface area contributed by atoms with E-state index in [9.17, 15) is 4.79 Å². The summed E-state index contributed by atoms with van der Waals surface area (Å²) in [5.41, 5.74) is 0. The van der Waals surface area contributed by atoms with Gasteiger partial charge in [0.25, 0.3) is 0 Å². The number of benzene rings is 4.